The van der Waals surface area contributed by atoms with Crippen molar-refractivity contribution in [2.24, 2.45) is 0 Å². The molecule has 168 valence electrons. The predicted octanol–water partition coefficient (Wildman–Crippen LogP) is 2.03. The van der Waals surface area contributed by atoms with E-state index in [0.717, 1.165) is 23.3 Å². The Hall–Kier alpha value is -2.78. The molecule has 1 aliphatic rings. The van der Waals surface area contributed by atoms with Crippen molar-refractivity contribution < 1.29 is 22.7 Å². The van der Waals surface area contributed by atoms with Gasteiger partial charge in [-0.05, 0) is 42.0 Å². The molecule has 1 saturated heterocycles. The van der Waals surface area contributed by atoms with Crippen molar-refractivity contribution in [2.45, 2.75) is 12.5 Å². The summed E-state index contributed by atoms with van der Waals surface area (Å²) in [4.78, 5) is 17.0. The van der Waals surface area contributed by atoms with Crippen LogP contribution in [0.4, 0.5) is 5.69 Å². The van der Waals surface area contributed by atoms with Gasteiger partial charge in [0.1, 0.15) is 11.5 Å². The molecule has 8 nitrogen and oxygen atoms in total. The molecular weight excluding hydrogens is 418 g/mol. The number of carbonyl (C=O) groups is 1. The number of piperazine rings is 1. The lowest BCUT2D eigenvalue weighted by atomic mass is 10.0. The first kappa shape index (κ1) is 22.9. The van der Waals surface area contributed by atoms with Gasteiger partial charge in [0.2, 0.25) is 15.9 Å². The lowest BCUT2D eigenvalue weighted by Gasteiger charge is -2.36. The first-order chi connectivity index (χ1) is 14.8. The topological polar surface area (TPSA) is 88.2 Å². The average molecular weight is 448 g/mol. The van der Waals surface area contributed by atoms with E-state index in [1.807, 2.05) is 24.3 Å². The Bertz CT molecular complexity index is 969. The number of amides is 1. The number of rotatable bonds is 8. The number of sulfonamides is 1. The van der Waals surface area contributed by atoms with Gasteiger partial charge in [0.05, 0.1) is 26.5 Å². The molecule has 1 N–H and O–H groups in total. The fourth-order valence-electron chi connectivity index (χ4n) is 3.63. The molecule has 1 heterocycles. The maximum Gasteiger partial charge on any atom is 0.224 e. The molecule has 3 rings (SSSR count). The first-order valence-electron chi connectivity index (χ1n) is 10.1. The normalized spacial score (nSPS) is 15.5. The Balaban J connectivity index is 1.63. The number of hydrogen-bond acceptors (Lipinski definition) is 6. The van der Waals surface area contributed by atoms with Crippen LogP contribution in [0.2, 0.25) is 0 Å². The minimum absolute atomic E-state index is 0.0575. The van der Waals surface area contributed by atoms with E-state index >= 15 is 0 Å². The summed E-state index contributed by atoms with van der Waals surface area (Å²) >= 11 is 0. The van der Waals surface area contributed by atoms with Crippen LogP contribution in [0.25, 0.3) is 0 Å². The molecule has 0 aromatic heterocycles. The fraction of sp³-hybridized carbons (Fsp3) is 0.409. The van der Waals surface area contributed by atoms with Gasteiger partial charge in [-0.15, -0.1) is 0 Å². The van der Waals surface area contributed by atoms with Gasteiger partial charge in [0.25, 0.3) is 0 Å². The second kappa shape index (κ2) is 10.0. The van der Waals surface area contributed by atoms with Crippen LogP contribution < -0.4 is 19.1 Å². The predicted molar refractivity (Wildman–Crippen MR) is 120 cm³/mol. The molecule has 1 aliphatic heterocycles. The Kier molecular flexibility index (Phi) is 7.40. The highest BCUT2D eigenvalue weighted by Gasteiger charge is 2.26. The summed E-state index contributed by atoms with van der Waals surface area (Å²) in [5.74, 6) is 1.40. The number of anilines is 1. The van der Waals surface area contributed by atoms with E-state index in [9.17, 15) is 13.2 Å². The minimum Gasteiger partial charge on any atom is -0.497 e. The van der Waals surface area contributed by atoms with Crippen molar-refractivity contribution in [1.82, 2.24) is 9.62 Å². The van der Waals surface area contributed by atoms with Gasteiger partial charge in [0, 0.05) is 38.3 Å². The lowest BCUT2D eigenvalue weighted by Crippen LogP contribution is -2.49. The second-order valence-electron chi connectivity index (χ2n) is 7.49. The Morgan fingerprint density at radius 2 is 1.45 bits per heavy atom. The van der Waals surface area contributed by atoms with Crippen LogP contribution in [-0.2, 0) is 14.8 Å². The third-order valence-corrected chi connectivity index (χ3v) is 6.04. The van der Waals surface area contributed by atoms with Gasteiger partial charge in [0.15, 0.2) is 0 Å². The van der Waals surface area contributed by atoms with Crippen LogP contribution in [0.1, 0.15) is 18.0 Å². The Labute approximate surface area is 183 Å². The molecule has 9 heteroatoms. The molecule has 0 unspecified atom stereocenters. The summed E-state index contributed by atoms with van der Waals surface area (Å²) in [5.41, 5.74) is 1.80. The van der Waals surface area contributed by atoms with E-state index < -0.39 is 16.1 Å². The lowest BCUT2D eigenvalue weighted by molar-refractivity contribution is -0.132. The molecule has 0 bridgehead atoms. The summed E-state index contributed by atoms with van der Waals surface area (Å²) in [6.07, 6.45) is 1.16. The molecule has 2 aromatic carbocycles. The van der Waals surface area contributed by atoms with Gasteiger partial charge in [-0.3, -0.25) is 4.79 Å². The van der Waals surface area contributed by atoms with E-state index in [0.29, 0.717) is 31.9 Å². The highest BCUT2D eigenvalue weighted by molar-refractivity contribution is 7.88. The molecule has 0 radical (unpaired) electrons. The first-order valence-corrected chi connectivity index (χ1v) is 12.0. The molecule has 0 spiro atoms. The van der Waals surface area contributed by atoms with Gasteiger partial charge < -0.3 is 19.3 Å². The molecule has 31 heavy (non-hydrogen) atoms. The number of methoxy groups -OCH3 is 2. The molecule has 0 aliphatic carbocycles. The summed E-state index contributed by atoms with van der Waals surface area (Å²) in [7, 11) is -0.283. The highest BCUT2D eigenvalue weighted by atomic mass is 32.2. The average Bonchev–Trinajstić information content (AvgIpc) is 2.78. The quantitative estimate of drug-likeness (QED) is 0.666. The molecule has 0 saturated carbocycles. The fourth-order valence-corrected chi connectivity index (χ4v) is 4.37. The highest BCUT2D eigenvalue weighted by Crippen LogP contribution is 2.24. The zero-order valence-electron chi connectivity index (χ0n) is 18.1. The summed E-state index contributed by atoms with van der Waals surface area (Å²) < 4.78 is 36.7. The zero-order valence-corrected chi connectivity index (χ0v) is 18.9. The summed E-state index contributed by atoms with van der Waals surface area (Å²) in [6.45, 7) is 2.59. The largest absolute Gasteiger partial charge is 0.497 e. The third-order valence-electron chi connectivity index (χ3n) is 5.32. The van der Waals surface area contributed by atoms with Gasteiger partial charge in [-0.25, -0.2) is 13.1 Å². The van der Waals surface area contributed by atoms with Crippen LogP contribution >= 0.6 is 0 Å². The van der Waals surface area contributed by atoms with Gasteiger partial charge in [-0.1, -0.05) is 12.1 Å². The number of nitrogens with zero attached hydrogens (tertiary/aromatic N) is 2. The van der Waals surface area contributed by atoms with E-state index in [2.05, 4.69) is 9.62 Å². The van der Waals surface area contributed by atoms with Crippen molar-refractivity contribution in [3.05, 3.63) is 54.1 Å². The van der Waals surface area contributed by atoms with Crippen LogP contribution in [0.3, 0.4) is 0 Å². The Morgan fingerprint density at radius 3 is 1.94 bits per heavy atom. The number of carbonyl (C=O) groups excluding carboxylic acids is 1. The van der Waals surface area contributed by atoms with Gasteiger partial charge >= 0.3 is 0 Å². The van der Waals surface area contributed by atoms with E-state index in [1.165, 1.54) is 0 Å². The van der Waals surface area contributed by atoms with E-state index in [1.54, 1.807) is 43.4 Å². The van der Waals surface area contributed by atoms with Crippen molar-refractivity contribution in [2.75, 3.05) is 51.6 Å². The zero-order chi connectivity index (χ0) is 22.4. The molecule has 2 aromatic rings. The monoisotopic (exact) mass is 447 g/mol. The Morgan fingerprint density at radius 1 is 0.935 bits per heavy atom. The van der Waals surface area contributed by atoms with Crippen molar-refractivity contribution in [3.8, 4) is 11.5 Å². The van der Waals surface area contributed by atoms with Crippen LogP contribution in [-0.4, -0.2) is 65.9 Å². The summed E-state index contributed by atoms with van der Waals surface area (Å²) in [6, 6.07) is 14.3. The minimum atomic E-state index is -3.48. The number of benzene rings is 2. The number of ether oxygens (including phenoxy) is 2. The van der Waals surface area contributed by atoms with Crippen molar-refractivity contribution >= 4 is 21.6 Å². The van der Waals surface area contributed by atoms with Gasteiger partial charge in [-0.2, -0.15) is 0 Å². The van der Waals surface area contributed by atoms with Crippen LogP contribution in [0.15, 0.2) is 48.5 Å². The third kappa shape index (κ3) is 6.35. The molecule has 1 atom stereocenters. The molecule has 1 amide bonds. The van der Waals surface area contributed by atoms with E-state index in [4.69, 9.17) is 9.47 Å². The molecular formula is C22H29N3O5S. The smallest absolute Gasteiger partial charge is 0.224 e. The maximum absolute atomic E-state index is 12.9. The van der Waals surface area contributed by atoms with Crippen LogP contribution in [0, 0.1) is 0 Å². The maximum atomic E-state index is 12.9. The summed E-state index contributed by atoms with van der Waals surface area (Å²) in [5, 5.41) is 0. The van der Waals surface area contributed by atoms with Crippen molar-refractivity contribution in [3.63, 3.8) is 0 Å². The van der Waals surface area contributed by atoms with Crippen LogP contribution in [0.5, 0.6) is 11.5 Å². The number of nitrogens with one attached hydrogen (secondary N) is 1. The standard InChI is InChI=1S/C22H29N3O5S/c1-29-19-8-4-17(5-9-19)21(23-31(3,27)28)16-22(26)25-14-12-24(13-15-25)18-6-10-20(30-2)11-7-18/h4-11,21,23H,12-16H2,1-3H3/t21-/m1/s1. The van der Waals surface area contributed by atoms with E-state index in [-0.39, 0.29) is 12.3 Å². The molecule has 1 fully saturated rings. The van der Waals surface area contributed by atoms with Crippen molar-refractivity contribution in [1.29, 1.82) is 0 Å². The SMILES string of the molecule is COc1ccc([C@@H](CC(=O)N2CCN(c3ccc(OC)cc3)CC2)NS(C)(=O)=O)cc1. The second-order valence-corrected chi connectivity index (χ2v) is 9.27. The number of hydrogen-bond donors (Lipinski definition) is 1.